The summed E-state index contributed by atoms with van der Waals surface area (Å²) in [4.78, 5) is 27.6. The fourth-order valence-corrected chi connectivity index (χ4v) is 6.95. The highest BCUT2D eigenvalue weighted by Crippen LogP contribution is 2.39. The predicted molar refractivity (Wildman–Crippen MR) is 156 cm³/mol. The first-order valence-electron chi connectivity index (χ1n) is 13.5. The number of hydrogen-bond acceptors (Lipinski definition) is 6. The minimum Gasteiger partial charge on any atom is -0.382 e. The van der Waals surface area contributed by atoms with E-state index in [2.05, 4.69) is 14.9 Å². The van der Waals surface area contributed by atoms with Gasteiger partial charge < -0.3 is 19.5 Å². The number of pyridine rings is 1. The van der Waals surface area contributed by atoms with Crippen molar-refractivity contribution in [2.75, 3.05) is 42.5 Å². The van der Waals surface area contributed by atoms with Crippen LogP contribution in [0.4, 0.5) is 11.4 Å². The van der Waals surface area contributed by atoms with E-state index in [1.54, 1.807) is 42.5 Å². The summed E-state index contributed by atoms with van der Waals surface area (Å²) >= 11 is 6.07. The molecule has 2 aliphatic rings. The molecule has 2 unspecified atom stereocenters. The van der Waals surface area contributed by atoms with Crippen LogP contribution in [0.2, 0.25) is 5.02 Å². The molecule has 5 rings (SSSR count). The van der Waals surface area contributed by atoms with Crippen molar-refractivity contribution in [3.63, 3.8) is 0 Å². The number of amides is 1. The van der Waals surface area contributed by atoms with Crippen LogP contribution in [0, 0.1) is 5.92 Å². The second kappa shape index (κ2) is 12.0. The molecule has 3 aromatic rings. The van der Waals surface area contributed by atoms with Crippen LogP contribution in [0.5, 0.6) is 0 Å². The van der Waals surface area contributed by atoms with E-state index in [0.717, 1.165) is 12.1 Å². The van der Waals surface area contributed by atoms with E-state index in [0.29, 0.717) is 67.8 Å². The Labute approximate surface area is 239 Å². The third-order valence-electron chi connectivity index (χ3n) is 7.39. The van der Waals surface area contributed by atoms with Crippen LogP contribution in [-0.2, 0) is 21.3 Å². The standard InChI is InChI=1S/C29H33ClN4O5S/c1-2-39-13-5-12-31-29(36)21-10-11-27(25(15-21)32-40(37,38)24-7-3-6-23(30)16-24)33-17-20-14-22(19-33)26-8-4-9-28(35)34(26)18-20/h3-4,6-11,15-16,20,22,32H,2,5,12-14,17-19H2,1H3,(H,31,36). The number of nitrogens with one attached hydrogen (secondary N) is 2. The number of sulfonamides is 1. The fourth-order valence-electron chi connectivity index (χ4n) is 5.59. The third kappa shape index (κ3) is 6.19. The molecule has 2 bridgehead atoms. The first-order chi connectivity index (χ1) is 19.2. The van der Waals surface area contributed by atoms with Gasteiger partial charge in [-0.3, -0.25) is 14.3 Å². The van der Waals surface area contributed by atoms with E-state index in [4.69, 9.17) is 16.3 Å². The number of benzene rings is 2. The van der Waals surface area contributed by atoms with Gasteiger partial charge in [-0.05, 0) is 68.1 Å². The number of halogens is 1. The second-order valence-corrected chi connectivity index (χ2v) is 12.3. The second-order valence-electron chi connectivity index (χ2n) is 10.2. The number of carbonyl (C=O) groups excluding carboxylic acids is 1. The lowest BCUT2D eigenvalue weighted by Gasteiger charge is -2.44. The average molecular weight is 585 g/mol. The molecule has 40 heavy (non-hydrogen) atoms. The highest BCUT2D eigenvalue weighted by molar-refractivity contribution is 7.92. The maximum atomic E-state index is 13.4. The van der Waals surface area contributed by atoms with Crippen LogP contribution >= 0.6 is 11.6 Å². The van der Waals surface area contributed by atoms with Crippen molar-refractivity contribution in [1.29, 1.82) is 0 Å². The van der Waals surface area contributed by atoms with Crippen molar-refractivity contribution in [2.24, 2.45) is 5.92 Å². The molecule has 1 fully saturated rings. The van der Waals surface area contributed by atoms with Crippen LogP contribution in [0.15, 0.2) is 70.4 Å². The fraction of sp³-hybridized carbons (Fsp3) is 0.379. The molecule has 212 valence electrons. The summed E-state index contributed by atoms with van der Waals surface area (Å²) in [5, 5.41) is 3.18. The van der Waals surface area contributed by atoms with E-state index in [1.165, 1.54) is 12.1 Å². The first-order valence-corrected chi connectivity index (χ1v) is 15.3. The number of ether oxygens (including phenoxy) is 1. The van der Waals surface area contributed by atoms with Crippen LogP contribution in [0.1, 0.15) is 41.7 Å². The zero-order chi connectivity index (χ0) is 28.3. The first kappa shape index (κ1) is 28.2. The highest BCUT2D eigenvalue weighted by Gasteiger charge is 2.35. The van der Waals surface area contributed by atoms with Crippen molar-refractivity contribution < 1.29 is 17.9 Å². The molecule has 0 radical (unpaired) electrons. The normalized spacial score (nSPS) is 18.2. The molecule has 0 spiro atoms. The number of carbonyl (C=O) groups is 1. The number of piperidine rings is 1. The highest BCUT2D eigenvalue weighted by atomic mass is 35.5. The summed E-state index contributed by atoms with van der Waals surface area (Å²) in [6.45, 7) is 5.42. The molecule has 2 N–H and O–H groups in total. The number of nitrogens with zero attached hydrogens (tertiary/aromatic N) is 2. The zero-order valence-corrected chi connectivity index (χ0v) is 23.9. The van der Waals surface area contributed by atoms with E-state index >= 15 is 0 Å². The average Bonchev–Trinajstić information content (AvgIpc) is 2.93. The summed E-state index contributed by atoms with van der Waals surface area (Å²) in [7, 11) is -3.99. The van der Waals surface area contributed by atoms with Gasteiger partial charge in [-0.25, -0.2) is 8.42 Å². The number of hydrogen-bond donors (Lipinski definition) is 2. The Morgan fingerprint density at radius 2 is 1.90 bits per heavy atom. The molecule has 0 aliphatic carbocycles. The van der Waals surface area contributed by atoms with Crippen LogP contribution in [0.25, 0.3) is 0 Å². The van der Waals surface area contributed by atoms with Gasteiger partial charge >= 0.3 is 0 Å². The molecule has 2 atom stereocenters. The predicted octanol–water partition coefficient (Wildman–Crippen LogP) is 4.08. The van der Waals surface area contributed by atoms with Crippen LogP contribution < -0.4 is 20.5 Å². The Bertz CT molecular complexity index is 1560. The molecule has 11 heteroatoms. The molecule has 9 nitrogen and oxygen atoms in total. The van der Waals surface area contributed by atoms with Gasteiger partial charge in [-0.15, -0.1) is 0 Å². The summed E-state index contributed by atoms with van der Waals surface area (Å²) < 4.78 is 36.7. The SMILES string of the molecule is CCOCCCNC(=O)c1ccc(N2CC3CC(C2)c2cccc(=O)n2C3)c(NS(=O)(=O)c2cccc(Cl)c2)c1. The largest absolute Gasteiger partial charge is 0.382 e. The number of fused-ring (bicyclic) bond motifs is 4. The molecular formula is C29H33ClN4O5S. The van der Waals surface area contributed by atoms with Gasteiger partial charge in [-0.2, -0.15) is 0 Å². The van der Waals surface area contributed by atoms with Crippen LogP contribution in [-0.4, -0.2) is 51.7 Å². The lowest BCUT2D eigenvalue weighted by Crippen LogP contribution is -2.47. The smallest absolute Gasteiger partial charge is 0.262 e. The third-order valence-corrected chi connectivity index (χ3v) is 8.98. The van der Waals surface area contributed by atoms with E-state index in [-0.39, 0.29) is 28.2 Å². The van der Waals surface area contributed by atoms with E-state index in [1.807, 2.05) is 17.6 Å². The Morgan fingerprint density at radius 1 is 1.07 bits per heavy atom. The quantitative estimate of drug-likeness (QED) is 0.348. The van der Waals surface area contributed by atoms with Crippen molar-refractivity contribution in [3.8, 4) is 0 Å². The van der Waals surface area contributed by atoms with Gasteiger partial charge in [0.1, 0.15) is 0 Å². The Kier molecular flexibility index (Phi) is 8.48. The minimum absolute atomic E-state index is 0.00671. The summed E-state index contributed by atoms with van der Waals surface area (Å²) in [5.41, 5.74) is 2.34. The number of rotatable bonds is 10. The summed E-state index contributed by atoms with van der Waals surface area (Å²) in [6, 6.07) is 16.5. The molecule has 0 saturated carbocycles. The van der Waals surface area contributed by atoms with Gasteiger partial charge in [0.15, 0.2) is 0 Å². The van der Waals surface area contributed by atoms with E-state index in [9.17, 15) is 18.0 Å². The van der Waals surface area contributed by atoms with Gasteiger partial charge in [0, 0.05) is 67.7 Å². The van der Waals surface area contributed by atoms with E-state index < -0.39 is 10.0 Å². The molecule has 1 saturated heterocycles. The lowest BCUT2D eigenvalue weighted by atomic mass is 9.83. The Balaban J connectivity index is 1.45. The molecule has 1 aromatic heterocycles. The molecule has 2 aromatic carbocycles. The van der Waals surface area contributed by atoms with Crippen molar-refractivity contribution >= 4 is 38.9 Å². The topological polar surface area (TPSA) is 110 Å². The Morgan fingerprint density at radius 3 is 2.70 bits per heavy atom. The molecule has 2 aliphatic heterocycles. The van der Waals surface area contributed by atoms with Gasteiger partial charge in [0.25, 0.3) is 21.5 Å². The monoisotopic (exact) mass is 584 g/mol. The number of aromatic nitrogens is 1. The summed E-state index contributed by atoms with van der Waals surface area (Å²) in [5.74, 6) is 0.0687. The number of anilines is 2. The van der Waals surface area contributed by atoms with Crippen LogP contribution in [0.3, 0.4) is 0 Å². The minimum atomic E-state index is -3.99. The molecular weight excluding hydrogens is 552 g/mol. The molecule has 3 heterocycles. The van der Waals surface area contributed by atoms with Gasteiger partial charge in [0.05, 0.1) is 16.3 Å². The van der Waals surface area contributed by atoms with Gasteiger partial charge in [0.2, 0.25) is 0 Å². The maximum Gasteiger partial charge on any atom is 0.262 e. The Hall–Kier alpha value is -3.34. The van der Waals surface area contributed by atoms with Crippen molar-refractivity contribution in [2.45, 2.75) is 37.1 Å². The van der Waals surface area contributed by atoms with Crippen molar-refractivity contribution in [1.82, 2.24) is 9.88 Å². The zero-order valence-electron chi connectivity index (χ0n) is 22.3. The lowest BCUT2D eigenvalue weighted by molar-refractivity contribution is 0.0944. The summed E-state index contributed by atoms with van der Waals surface area (Å²) in [6.07, 6.45) is 1.64. The molecule has 1 amide bonds. The van der Waals surface area contributed by atoms with Crippen molar-refractivity contribution in [3.05, 3.63) is 87.3 Å². The van der Waals surface area contributed by atoms with Gasteiger partial charge in [-0.1, -0.05) is 23.7 Å². The maximum absolute atomic E-state index is 13.4.